The van der Waals surface area contributed by atoms with Gasteiger partial charge >= 0.3 is 0 Å². The fourth-order valence-corrected chi connectivity index (χ4v) is 2.70. The topological polar surface area (TPSA) is 50.1 Å². The molecule has 0 aliphatic heterocycles. The Morgan fingerprint density at radius 2 is 2.08 bits per heavy atom. The number of carbonyl (C=O) groups is 1. The number of ether oxygens (including phenoxy) is 1. The Balaban J connectivity index is 2.72. The number of unbranched alkanes of at least 4 members (excludes halogenated alkanes) is 1. The van der Waals surface area contributed by atoms with Crippen LogP contribution in [0.2, 0.25) is 5.02 Å². The van der Waals surface area contributed by atoms with E-state index in [2.05, 4.69) is 0 Å². The quantitative estimate of drug-likeness (QED) is 0.496. The molecule has 0 radical (unpaired) electrons. The zero-order valence-corrected chi connectivity index (χ0v) is 14.4. The van der Waals surface area contributed by atoms with Gasteiger partial charge in [-0.2, -0.15) is 5.26 Å². The minimum Gasteiger partial charge on any atom is -0.493 e. The summed E-state index contributed by atoms with van der Waals surface area (Å²) < 4.78 is 19.4. The lowest BCUT2D eigenvalue weighted by molar-refractivity contribution is 0.107. The van der Waals surface area contributed by atoms with Crippen molar-refractivity contribution in [3.63, 3.8) is 0 Å². The first-order chi connectivity index (χ1) is 11.5. The van der Waals surface area contributed by atoms with Crippen LogP contribution in [0.4, 0.5) is 4.39 Å². The summed E-state index contributed by atoms with van der Waals surface area (Å²) in [7, 11) is 0. The average Bonchev–Trinajstić information content (AvgIpc) is 2.57. The fourth-order valence-electron chi connectivity index (χ4n) is 2.30. The minimum atomic E-state index is -0.797. The van der Waals surface area contributed by atoms with E-state index in [0.717, 1.165) is 12.8 Å². The highest BCUT2D eigenvalue weighted by Crippen LogP contribution is 2.39. The summed E-state index contributed by atoms with van der Waals surface area (Å²) in [4.78, 5) is 12.0. The number of hydrogen-bond donors (Lipinski definition) is 0. The molecule has 0 aliphatic carbocycles. The second-order valence-electron chi connectivity index (χ2n) is 5.05. The molecule has 0 amide bonds. The van der Waals surface area contributed by atoms with Crippen LogP contribution in [-0.4, -0.2) is 11.8 Å². The molecule has 0 aliphatic rings. The molecule has 0 unspecified atom stereocenters. The van der Waals surface area contributed by atoms with Crippen molar-refractivity contribution in [3.8, 4) is 22.9 Å². The first kappa shape index (κ1) is 18.3. The number of hydrogen-bond acceptors (Lipinski definition) is 3. The zero-order valence-electron chi connectivity index (χ0n) is 12.9. The Labute approximate surface area is 149 Å². The van der Waals surface area contributed by atoms with E-state index in [1.54, 1.807) is 0 Å². The molecule has 0 heterocycles. The average molecular weight is 366 g/mol. The van der Waals surface area contributed by atoms with Crippen LogP contribution in [0.1, 0.15) is 35.7 Å². The molecule has 124 valence electrons. The van der Waals surface area contributed by atoms with Crippen molar-refractivity contribution in [1.82, 2.24) is 0 Å². The van der Waals surface area contributed by atoms with E-state index >= 15 is 0 Å². The van der Waals surface area contributed by atoms with Gasteiger partial charge in [0, 0.05) is 11.1 Å². The van der Waals surface area contributed by atoms with Gasteiger partial charge in [-0.1, -0.05) is 37.1 Å². The maximum atomic E-state index is 13.8. The number of nitrogens with zero attached hydrogens (tertiary/aromatic N) is 1. The van der Waals surface area contributed by atoms with Gasteiger partial charge in [-0.25, -0.2) is 4.39 Å². The van der Waals surface area contributed by atoms with Gasteiger partial charge in [0.15, 0.2) is 0 Å². The van der Waals surface area contributed by atoms with Crippen molar-refractivity contribution in [3.05, 3.63) is 52.3 Å². The zero-order chi connectivity index (χ0) is 17.7. The molecule has 2 rings (SSSR count). The SMILES string of the molecule is CCCCOc1ccc(C#N)c(-c2cccc(F)c2Cl)c1C(=O)Cl. The van der Waals surface area contributed by atoms with Crippen molar-refractivity contribution in [2.24, 2.45) is 0 Å². The number of benzene rings is 2. The second kappa shape index (κ2) is 8.14. The van der Waals surface area contributed by atoms with Gasteiger partial charge < -0.3 is 4.74 Å². The summed E-state index contributed by atoms with van der Waals surface area (Å²) in [5.74, 6) is -0.402. The van der Waals surface area contributed by atoms with Crippen LogP contribution in [0.15, 0.2) is 30.3 Å². The lowest BCUT2D eigenvalue weighted by Crippen LogP contribution is -2.05. The molecule has 0 bridgehead atoms. The molecule has 6 heteroatoms. The molecule has 0 N–H and O–H groups in total. The predicted octanol–water partition coefficient (Wildman–Crippen LogP) is 5.58. The normalized spacial score (nSPS) is 10.3. The number of carbonyl (C=O) groups excluding carboxylic acids is 1. The van der Waals surface area contributed by atoms with Crippen molar-refractivity contribution < 1.29 is 13.9 Å². The highest BCUT2D eigenvalue weighted by molar-refractivity contribution is 6.68. The number of halogens is 3. The van der Waals surface area contributed by atoms with Crippen LogP contribution in [0.5, 0.6) is 5.75 Å². The van der Waals surface area contributed by atoms with Crippen LogP contribution in [0.3, 0.4) is 0 Å². The maximum Gasteiger partial charge on any atom is 0.256 e. The lowest BCUT2D eigenvalue weighted by Gasteiger charge is -2.15. The molecule has 0 fully saturated rings. The van der Waals surface area contributed by atoms with Crippen molar-refractivity contribution in [1.29, 1.82) is 5.26 Å². The van der Waals surface area contributed by atoms with Gasteiger partial charge in [-0.15, -0.1) is 0 Å². The predicted molar refractivity (Wildman–Crippen MR) is 92.1 cm³/mol. The summed E-state index contributed by atoms with van der Waals surface area (Å²) >= 11 is 11.8. The van der Waals surface area contributed by atoms with E-state index in [1.165, 1.54) is 30.3 Å². The third-order valence-electron chi connectivity index (χ3n) is 3.46. The molecule has 0 saturated carbocycles. The van der Waals surface area contributed by atoms with Crippen LogP contribution >= 0.6 is 23.2 Å². The molecule has 0 saturated heterocycles. The standard InChI is InChI=1S/C18H14Cl2FNO2/c1-2-3-9-24-14-8-7-11(10-22)15(16(14)18(20)23)12-5-4-6-13(21)17(12)19/h4-8H,2-3,9H2,1H3. The van der Waals surface area contributed by atoms with E-state index < -0.39 is 11.1 Å². The highest BCUT2D eigenvalue weighted by atomic mass is 35.5. The van der Waals surface area contributed by atoms with Gasteiger partial charge in [-0.05, 0) is 36.2 Å². The van der Waals surface area contributed by atoms with E-state index in [0.29, 0.717) is 6.61 Å². The largest absolute Gasteiger partial charge is 0.493 e. The van der Waals surface area contributed by atoms with Crippen molar-refractivity contribution >= 4 is 28.4 Å². The van der Waals surface area contributed by atoms with Gasteiger partial charge in [-0.3, -0.25) is 4.79 Å². The summed E-state index contributed by atoms with van der Waals surface area (Å²) in [5.41, 5.74) is 0.572. The summed E-state index contributed by atoms with van der Waals surface area (Å²) in [6.07, 6.45) is 1.72. The van der Waals surface area contributed by atoms with Crippen molar-refractivity contribution in [2.45, 2.75) is 19.8 Å². The monoisotopic (exact) mass is 365 g/mol. The van der Waals surface area contributed by atoms with Gasteiger partial charge in [0.25, 0.3) is 5.24 Å². The maximum absolute atomic E-state index is 13.8. The third-order valence-corrected chi connectivity index (χ3v) is 4.03. The van der Waals surface area contributed by atoms with E-state index in [1.807, 2.05) is 13.0 Å². The smallest absolute Gasteiger partial charge is 0.256 e. The minimum absolute atomic E-state index is 0.0133. The van der Waals surface area contributed by atoms with Crippen LogP contribution in [0.25, 0.3) is 11.1 Å². The number of nitriles is 1. The first-order valence-corrected chi connectivity index (χ1v) is 8.11. The Hall–Kier alpha value is -2.09. The molecule has 0 aromatic heterocycles. The Bertz CT molecular complexity index is 815. The summed E-state index contributed by atoms with van der Waals surface area (Å²) in [6.45, 7) is 2.41. The Morgan fingerprint density at radius 3 is 2.71 bits per heavy atom. The highest BCUT2D eigenvalue weighted by Gasteiger charge is 2.23. The third kappa shape index (κ3) is 3.69. The molecule has 2 aromatic rings. The summed E-state index contributed by atoms with van der Waals surface area (Å²) in [5, 5.41) is 8.39. The Kier molecular flexibility index (Phi) is 6.19. The molecular weight excluding hydrogens is 352 g/mol. The van der Waals surface area contributed by atoms with E-state index in [9.17, 15) is 14.4 Å². The van der Waals surface area contributed by atoms with Gasteiger partial charge in [0.05, 0.1) is 28.8 Å². The lowest BCUT2D eigenvalue weighted by atomic mass is 9.94. The van der Waals surface area contributed by atoms with Gasteiger partial charge in [0.2, 0.25) is 0 Å². The molecular formula is C18H14Cl2FNO2. The molecule has 24 heavy (non-hydrogen) atoms. The van der Waals surface area contributed by atoms with Crippen molar-refractivity contribution in [2.75, 3.05) is 6.61 Å². The number of rotatable bonds is 6. The first-order valence-electron chi connectivity index (χ1n) is 7.35. The molecule has 0 atom stereocenters. The van der Waals surface area contributed by atoms with Crippen LogP contribution in [-0.2, 0) is 0 Å². The molecule has 2 aromatic carbocycles. The molecule has 3 nitrogen and oxygen atoms in total. The van der Waals surface area contributed by atoms with E-state index in [4.69, 9.17) is 27.9 Å². The second-order valence-corrected chi connectivity index (χ2v) is 5.77. The Morgan fingerprint density at radius 1 is 1.33 bits per heavy atom. The van der Waals surface area contributed by atoms with Crippen LogP contribution in [0, 0.1) is 17.1 Å². The summed E-state index contributed by atoms with van der Waals surface area (Å²) in [6, 6.07) is 9.17. The van der Waals surface area contributed by atoms with Gasteiger partial charge in [0.1, 0.15) is 11.6 Å². The van der Waals surface area contributed by atoms with E-state index in [-0.39, 0.29) is 33.0 Å². The fraction of sp³-hybridized carbons (Fsp3) is 0.222. The van der Waals surface area contributed by atoms with Crippen LogP contribution < -0.4 is 4.74 Å². The molecule has 0 spiro atoms.